The van der Waals surface area contributed by atoms with Crippen LogP contribution in [0, 0.1) is 6.92 Å². The molecule has 1 fully saturated rings. The van der Waals surface area contributed by atoms with Crippen molar-refractivity contribution >= 4 is 40.0 Å². The second kappa shape index (κ2) is 8.85. The summed E-state index contributed by atoms with van der Waals surface area (Å²) < 4.78 is 6.89. The van der Waals surface area contributed by atoms with Crippen molar-refractivity contribution < 1.29 is 9.21 Å². The summed E-state index contributed by atoms with van der Waals surface area (Å²) in [5.74, 6) is 0.930. The number of fused-ring (bicyclic) bond motifs is 1. The number of benzene rings is 1. The molecule has 0 radical (unpaired) electrons. The zero-order valence-corrected chi connectivity index (χ0v) is 18.6. The van der Waals surface area contributed by atoms with Gasteiger partial charge in [0.2, 0.25) is 0 Å². The fourth-order valence-electron chi connectivity index (χ4n) is 3.71. The number of nitrogens with zero attached hydrogens (tertiary/aromatic N) is 3. The lowest BCUT2D eigenvalue weighted by Gasteiger charge is -2.34. The van der Waals surface area contributed by atoms with Crippen LogP contribution in [-0.4, -0.2) is 46.2 Å². The number of furan rings is 1. The van der Waals surface area contributed by atoms with Crippen LogP contribution in [0.1, 0.15) is 47.8 Å². The smallest absolute Gasteiger partial charge is 0.287 e. The monoisotopic (exact) mass is 430 g/mol. The summed E-state index contributed by atoms with van der Waals surface area (Å²) in [4.78, 5) is 15.5. The highest BCUT2D eigenvalue weighted by Gasteiger charge is 2.26. The van der Waals surface area contributed by atoms with E-state index >= 15 is 0 Å². The molecule has 1 aliphatic rings. The third kappa shape index (κ3) is 4.65. The summed E-state index contributed by atoms with van der Waals surface area (Å²) in [7, 11) is 0. The average molecular weight is 431 g/mol. The number of carbonyl (C=O) groups excluding carboxylic acids is 1. The van der Waals surface area contributed by atoms with E-state index in [1.54, 1.807) is 23.1 Å². The lowest BCUT2D eigenvalue weighted by Crippen LogP contribution is -2.46. The first-order valence-corrected chi connectivity index (χ1v) is 11.8. The van der Waals surface area contributed by atoms with E-state index in [0.29, 0.717) is 17.6 Å². The first-order chi connectivity index (χ1) is 14.0. The summed E-state index contributed by atoms with van der Waals surface area (Å²) in [6, 6.07) is 8.57. The molecular weight excluding hydrogens is 404 g/mol. The molecule has 0 bridgehead atoms. The number of likely N-dealkylation sites (tertiary alicyclic amines) is 1. The molecule has 0 spiro atoms. The number of nitrogens with one attached hydrogen (secondary N) is 1. The Morgan fingerprint density at radius 3 is 2.76 bits per heavy atom. The Labute approximate surface area is 179 Å². The molecule has 0 aliphatic carbocycles. The zero-order chi connectivity index (χ0) is 20.4. The summed E-state index contributed by atoms with van der Waals surface area (Å²) in [5.41, 5.74) is 1.67. The Morgan fingerprint density at radius 2 is 2.07 bits per heavy atom. The third-order valence-corrected chi connectivity index (χ3v) is 7.35. The molecule has 0 unspecified atom stereocenters. The molecule has 1 aromatic carbocycles. The van der Waals surface area contributed by atoms with E-state index in [0.717, 1.165) is 51.8 Å². The van der Waals surface area contributed by atoms with Gasteiger partial charge in [0.25, 0.3) is 5.91 Å². The van der Waals surface area contributed by atoms with E-state index in [1.165, 1.54) is 0 Å². The van der Waals surface area contributed by atoms with Gasteiger partial charge in [-0.15, -0.1) is 10.2 Å². The molecule has 2 aromatic heterocycles. The highest BCUT2D eigenvalue weighted by atomic mass is 32.2. The standard InChI is InChI=1S/C21H26N4O2S2/c1-13(2)25-10-8-15(9-11-25)22-20(26)19-17(12-28-21-24-23-14(3)29-21)16-6-4-5-7-18(16)27-19/h4-7,13,15H,8-12H2,1-3H3,(H,22,26). The van der Waals surface area contributed by atoms with Gasteiger partial charge < -0.3 is 14.6 Å². The molecule has 3 aromatic rings. The van der Waals surface area contributed by atoms with Gasteiger partial charge in [0.1, 0.15) is 10.6 Å². The van der Waals surface area contributed by atoms with Crippen molar-refractivity contribution in [1.29, 1.82) is 0 Å². The molecule has 1 amide bonds. The minimum atomic E-state index is -0.117. The van der Waals surface area contributed by atoms with Crippen molar-refractivity contribution in [2.24, 2.45) is 0 Å². The second-order valence-electron chi connectivity index (χ2n) is 7.66. The summed E-state index contributed by atoms with van der Waals surface area (Å²) in [5, 5.41) is 13.4. The summed E-state index contributed by atoms with van der Waals surface area (Å²) in [6.07, 6.45) is 1.94. The molecular formula is C21H26N4O2S2. The van der Waals surface area contributed by atoms with Crippen molar-refractivity contribution in [3.8, 4) is 0 Å². The van der Waals surface area contributed by atoms with Crippen LogP contribution in [0.4, 0.5) is 0 Å². The maximum Gasteiger partial charge on any atom is 0.287 e. The third-order valence-electron chi connectivity index (χ3n) is 5.35. The molecule has 6 nitrogen and oxygen atoms in total. The molecule has 8 heteroatoms. The van der Waals surface area contributed by atoms with Crippen LogP contribution in [0.3, 0.4) is 0 Å². The molecule has 0 saturated carbocycles. The molecule has 1 saturated heterocycles. The largest absolute Gasteiger partial charge is 0.451 e. The van der Waals surface area contributed by atoms with Gasteiger partial charge in [-0.05, 0) is 39.7 Å². The maximum atomic E-state index is 13.1. The average Bonchev–Trinajstić information content (AvgIpc) is 3.30. The molecule has 154 valence electrons. The van der Waals surface area contributed by atoms with Crippen LogP contribution < -0.4 is 5.32 Å². The number of hydrogen-bond donors (Lipinski definition) is 1. The number of hydrogen-bond acceptors (Lipinski definition) is 7. The Balaban J connectivity index is 1.50. The Hall–Kier alpha value is -1.90. The molecule has 0 atom stereocenters. The van der Waals surface area contributed by atoms with E-state index in [4.69, 9.17) is 4.42 Å². The van der Waals surface area contributed by atoms with Gasteiger partial charge >= 0.3 is 0 Å². The SMILES string of the molecule is Cc1nnc(SCc2c(C(=O)NC3CCN(C(C)C)CC3)oc3ccccc23)s1. The number of rotatable bonds is 6. The molecule has 29 heavy (non-hydrogen) atoms. The molecule has 1 N–H and O–H groups in total. The van der Waals surface area contributed by atoms with Crippen molar-refractivity contribution in [1.82, 2.24) is 20.4 Å². The fraction of sp³-hybridized carbons (Fsp3) is 0.476. The van der Waals surface area contributed by atoms with Crippen LogP contribution in [0.25, 0.3) is 11.0 Å². The number of aryl methyl sites for hydroxylation is 1. The number of aromatic nitrogens is 2. The normalized spacial score (nSPS) is 16.0. The number of thioether (sulfide) groups is 1. The highest BCUT2D eigenvalue weighted by Crippen LogP contribution is 2.33. The lowest BCUT2D eigenvalue weighted by atomic mass is 10.0. The summed E-state index contributed by atoms with van der Waals surface area (Å²) in [6.45, 7) is 8.41. The van der Waals surface area contributed by atoms with E-state index in [2.05, 4.69) is 34.3 Å². The predicted octanol–water partition coefficient (Wildman–Crippen LogP) is 4.49. The van der Waals surface area contributed by atoms with Gasteiger partial charge in [-0.1, -0.05) is 41.3 Å². The van der Waals surface area contributed by atoms with Crippen LogP contribution in [0.5, 0.6) is 0 Å². The Bertz CT molecular complexity index is 990. The van der Waals surface area contributed by atoms with E-state index in [1.807, 2.05) is 31.2 Å². The Morgan fingerprint density at radius 1 is 1.31 bits per heavy atom. The van der Waals surface area contributed by atoms with E-state index < -0.39 is 0 Å². The van der Waals surface area contributed by atoms with Gasteiger partial charge in [0.15, 0.2) is 10.1 Å². The highest BCUT2D eigenvalue weighted by molar-refractivity contribution is 8.00. The first-order valence-electron chi connectivity index (χ1n) is 9.99. The van der Waals surface area contributed by atoms with Gasteiger partial charge in [-0.3, -0.25) is 4.79 Å². The minimum Gasteiger partial charge on any atom is -0.451 e. The number of amides is 1. The van der Waals surface area contributed by atoms with Gasteiger partial charge in [0.05, 0.1) is 0 Å². The van der Waals surface area contributed by atoms with Crippen LogP contribution in [0.2, 0.25) is 0 Å². The zero-order valence-electron chi connectivity index (χ0n) is 17.0. The maximum absolute atomic E-state index is 13.1. The minimum absolute atomic E-state index is 0.117. The van der Waals surface area contributed by atoms with Crippen molar-refractivity contribution in [3.05, 3.63) is 40.6 Å². The van der Waals surface area contributed by atoms with Crippen molar-refractivity contribution in [2.45, 2.75) is 55.8 Å². The first kappa shape index (κ1) is 20.4. The quantitative estimate of drug-likeness (QED) is 0.581. The van der Waals surface area contributed by atoms with Gasteiger partial charge in [-0.25, -0.2) is 0 Å². The molecule has 3 heterocycles. The number of piperidine rings is 1. The van der Waals surface area contributed by atoms with Crippen molar-refractivity contribution in [3.63, 3.8) is 0 Å². The predicted molar refractivity (Wildman–Crippen MR) is 118 cm³/mol. The van der Waals surface area contributed by atoms with Gasteiger partial charge in [0, 0.05) is 41.9 Å². The Kier molecular flexibility index (Phi) is 6.22. The van der Waals surface area contributed by atoms with Crippen LogP contribution in [-0.2, 0) is 5.75 Å². The topological polar surface area (TPSA) is 71.3 Å². The summed E-state index contributed by atoms with van der Waals surface area (Å²) >= 11 is 3.16. The second-order valence-corrected chi connectivity index (χ2v) is 10.1. The molecule has 4 rings (SSSR count). The van der Waals surface area contributed by atoms with Crippen LogP contribution in [0.15, 0.2) is 33.0 Å². The number of para-hydroxylation sites is 1. The number of carbonyl (C=O) groups is 1. The molecule has 1 aliphatic heterocycles. The van der Waals surface area contributed by atoms with E-state index in [9.17, 15) is 4.79 Å². The van der Waals surface area contributed by atoms with Crippen LogP contribution >= 0.6 is 23.1 Å². The fourth-order valence-corrected chi connectivity index (χ4v) is 5.55. The lowest BCUT2D eigenvalue weighted by molar-refractivity contribution is 0.0874. The van der Waals surface area contributed by atoms with Gasteiger partial charge in [-0.2, -0.15) is 0 Å². The van der Waals surface area contributed by atoms with Crippen molar-refractivity contribution in [2.75, 3.05) is 13.1 Å². The van der Waals surface area contributed by atoms with E-state index in [-0.39, 0.29) is 11.9 Å².